The van der Waals surface area contributed by atoms with E-state index >= 15 is 0 Å². The van der Waals surface area contributed by atoms with E-state index in [9.17, 15) is 0 Å². The maximum Gasteiger partial charge on any atom is 0.200 e. The van der Waals surface area contributed by atoms with E-state index in [1.807, 2.05) is 16.9 Å². The molecule has 186 valence electrons. The summed E-state index contributed by atoms with van der Waals surface area (Å²) in [7, 11) is 0. The Bertz CT molecular complexity index is 1390. The molecule has 1 spiro atoms. The molecule has 2 saturated heterocycles. The van der Waals surface area contributed by atoms with Gasteiger partial charge < -0.3 is 15.8 Å². The average molecular weight is 487 g/mol. The lowest BCUT2D eigenvalue weighted by Gasteiger charge is -2.36. The topological polar surface area (TPSA) is 136 Å². The summed E-state index contributed by atoms with van der Waals surface area (Å²) in [5, 5.41) is 17.3. The largest absolute Gasteiger partial charge is 0.370 e. The zero-order valence-electron chi connectivity index (χ0n) is 20.3. The van der Waals surface area contributed by atoms with Gasteiger partial charge in [0, 0.05) is 30.1 Å². The lowest BCUT2D eigenvalue weighted by Crippen LogP contribution is -2.48. The molecule has 2 fully saturated rings. The fraction of sp³-hybridized carbons (Fsp3) is 0.480. The Kier molecular flexibility index (Phi) is 5.05. The Labute approximate surface area is 208 Å². The summed E-state index contributed by atoms with van der Waals surface area (Å²) >= 11 is 0. The number of anilines is 1. The molecule has 4 N–H and O–H groups in total. The molecule has 11 heteroatoms. The maximum absolute atomic E-state index is 6.79. The lowest BCUT2D eigenvalue weighted by molar-refractivity contribution is 0.0840. The highest BCUT2D eigenvalue weighted by molar-refractivity contribution is 5.71. The third-order valence-electron chi connectivity index (χ3n) is 8.18. The van der Waals surface area contributed by atoms with Gasteiger partial charge in [0.25, 0.3) is 0 Å². The van der Waals surface area contributed by atoms with Crippen LogP contribution in [0.1, 0.15) is 49.6 Å². The van der Waals surface area contributed by atoms with Gasteiger partial charge in [-0.1, -0.05) is 6.92 Å². The standard InChI is InChI=1S/C25H30N10O/c1-15-5-11-34(20-3-2-16(31-21(15)20)17-4-8-29-33-17)35-24-19(13-30-35)28-12-18(32-24)22-23(26)25(14-36-22)6-9-27-10-7-25/h2-4,8,12-13,15,22-23,27H,5-7,9-11,14,26H2,1H3,(H,29,33)/t15-,22?,23?/m0/s1. The van der Waals surface area contributed by atoms with Gasteiger partial charge in [-0.2, -0.15) is 15.0 Å². The smallest absolute Gasteiger partial charge is 0.200 e. The van der Waals surface area contributed by atoms with Crippen molar-refractivity contribution in [3.8, 4) is 11.4 Å². The molecule has 2 unspecified atom stereocenters. The summed E-state index contributed by atoms with van der Waals surface area (Å²) in [6.07, 6.45) is 8.03. The van der Waals surface area contributed by atoms with Crippen molar-refractivity contribution in [2.75, 3.05) is 31.3 Å². The molecule has 4 aromatic heterocycles. The molecule has 0 aromatic carbocycles. The predicted octanol–water partition coefficient (Wildman–Crippen LogP) is 2.16. The number of ether oxygens (including phenoxy) is 1. The Morgan fingerprint density at radius 1 is 1.14 bits per heavy atom. The minimum Gasteiger partial charge on any atom is -0.370 e. The second-order valence-corrected chi connectivity index (χ2v) is 10.3. The van der Waals surface area contributed by atoms with Crippen molar-refractivity contribution in [3.63, 3.8) is 0 Å². The van der Waals surface area contributed by atoms with E-state index in [1.54, 1.807) is 18.6 Å². The van der Waals surface area contributed by atoms with Gasteiger partial charge in [0.1, 0.15) is 11.6 Å². The van der Waals surface area contributed by atoms with Gasteiger partial charge in [-0.25, -0.2) is 15.0 Å². The van der Waals surface area contributed by atoms with E-state index in [4.69, 9.17) is 20.4 Å². The van der Waals surface area contributed by atoms with Crippen molar-refractivity contribution < 1.29 is 4.74 Å². The van der Waals surface area contributed by atoms with Gasteiger partial charge >= 0.3 is 0 Å². The van der Waals surface area contributed by atoms with Crippen molar-refractivity contribution >= 4 is 16.9 Å². The molecule has 7 heterocycles. The van der Waals surface area contributed by atoms with E-state index in [-0.39, 0.29) is 17.6 Å². The number of aromatic nitrogens is 7. The minimum absolute atomic E-state index is 0.00672. The summed E-state index contributed by atoms with van der Waals surface area (Å²) < 4.78 is 6.26. The summed E-state index contributed by atoms with van der Waals surface area (Å²) in [6.45, 7) is 5.64. The number of aromatic amines is 1. The van der Waals surface area contributed by atoms with E-state index in [0.29, 0.717) is 18.2 Å². The molecule has 36 heavy (non-hydrogen) atoms. The van der Waals surface area contributed by atoms with Gasteiger partial charge in [-0.3, -0.25) is 10.1 Å². The van der Waals surface area contributed by atoms with Crippen LogP contribution in [0.5, 0.6) is 0 Å². The van der Waals surface area contributed by atoms with E-state index < -0.39 is 0 Å². The number of hydrogen-bond acceptors (Lipinski definition) is 9. The highest BCUT2D eigenvalue weighted by atomic mass is 16.5. The van der Waals surface area contributed by atoms with Crippen molar-refractivity contribution in [2.45, 2.75) is 44.2 Å². The normalized spacial score (nSPS) is 25.5. The van der Waals surface area contributed by atoms with E-state index in [2.05, 4.69) is 43.6 Å². The Morgan fingerprint density at radius 3 is 2.86 bits per heavy atom. The second-order valence-electron chi connectivity index (χ2n) is 10.3. The number of nitrogens with two attached hydrogens (primary N) is 1. The predicted molar refractivity (Wildman–Crippen MR) is 134 cm³/mol. The van der Waals surface area contributed by atoms with Crippen molar-refractivity contribution in [1.82, 2.24) is 40.4 Å². The lowest BCUT2D eigenvalue weighted by atomic mass is 9.73. The van der Waals surface area contributed by atoms with Gasteiger partial charge in [0.2, 0.25) is 0 Å². The van der Waals surface area contributed by atoms with Gasteiger partial charge in [-0.05, 0) is 50.6 Å². The summed E-state index contributed by atoms with van der Waals surface area (Å²) in [6, 6.07) is 5.95. The highest BCUT2D eigenvalue weighted by Crippen LogP contribution is 2.45. The van der Waals surface area contributed by atoms with Crippen LogP contribution in [-0.2, 0) is 4.74 Å². The summed E-state index contributed by atoms with van der Waals surface area (Å²) in [5.74, 6) is 0.327. The highest BCUT2D eigenvalue weighted by Gasteiger charge is 2.49. The minimum atomic E-state index is -0.268. The summed E-state index contributed by atoms with van der Waals surface area (Å²) in [5.41, 5.74) is 12.8. The SMILES string of the molecule is C[C@H]1CCN(n2ncc3ncc(C4OCC5(CCNCC5)C4N)nc32)c2ccc(-c3ccn[nH]3)nc21. The second kappa shape index (κ2) is 8.32. The molecule has 3 aliphatic heterocycles. The summed E-state index contributed by atoms with van der Waals surface area (Å²) in [4.78, 5) is 16.5. The number of hydrogen-bond donors (Lipinski definition) is 3. The number of H-pyrrole nitrogens is 1. The first-order valence-electron chi connectivity index (χ1n) is 12.7. The number of rotatable bonds is 3. The van der Waals surface area contributed by atoms with Crippen LogP contribution < -0.4 is 16.1 Å². The Hall–Kier alpha value is -3.41. The fourth-order valence-electron chi connectivity index (χ4n) is 5.93. The number of nitrogens with zero attached hydrogens (tertiary/aromatic N) is 7. The molecule has 4 aromatic rings. The van der Waals surface area contributed by atoms with Crippen molar-refractivity contribution in [1.29, 1.82) is 0 Å². The molecule has 3 atom stereocenters. The average Bonchev–Trinajstić information content (AvgIpc) is 3.66. The molecular formula is C25H30N10O. The molecule has 0 bridgehead atoms. The first-order chi connectivity index (χ1) is 17.6. The molecule has 3 aliphatic rings. The monoisotopic (exact) mass is 486 g/mol. The van der Waals surface area contributed by atoms with Crippen molar-refractivity contribution in [2.24, 2.45) is 11.1 Å². The third kappa shape index (κ3) is 3.34. The Morgan fingerprint density at radius 2 is 2.03 bits per heavy atom. The van der Waals surface area contributed by atoms with Crippen LogP contribution in [0, 0.1) is 5.41 Å². The van der Waals surface area contributed by atoms with Gasteiger partial charge in [0.15, 0.2) is 5.65 Å². The molecule has 11 nitrogen and oxygen atoms in total. The first kappa shape index (κ1) is 21.8. The quantitative estimate of drug-likeness (QED) is 0.398. The van der Waals surface area contributed by atoms with Crippen LogP contribution >= 0.6 is 0 Å². The van der Waals surface area contributed by atoms with Crippen LogP contribution in [0.15, 0.2) is 36.8 Å². The number of fused-ring (bicyclic) bond motifs is 2. The first-order valence-corrected chi connectivity index (χ1v) is 12.7. The number of pyridine rings is 1. The van der Waals surface area contributed by atoms with Crippen LogP contribution in [0.3, 0.4) is 0 Å². The fourth-order valence-corrected chi connectivity index (χ4v) is 5.93. The zero-order valence-corrected chi connectivity index (χ0v) is 20.3. The number of nitrogens with one attached hydrogen (secondary N) is 2. The van der Waals surface area contributed by atoms with Crippen LogP contribution in [0.4, 0.5) is 5.69 Å². The maximum atomic E-state index is 6.79. The molecule has 7 rings (SSSR count). The molecule has 0 saturated carbocycles. The third-order valence-corrected chi connectivity index (χ3v) is 8.18. The van der Waals surface area contributed by atoms with Gasteiger partial charge in [0.05, 0.1) is 47.5 Å². The van der Waals surface area contributed by atoms with Crippen LogP contribution in [-0.4, -0.2) is 67.3 Å². The van der Waals surface area contributed by atoms with E-state index in [1.165, 1.54) is 0 Å². The van der Waals surface area contributed by atoms with Crippen LogP contribution in [0.25, 0.3) is 22.6 Å². The van der Waals surface area contributed by atoms with Crippen molar-refractivity contribution in [3.05, 3.63) is 48.2 Å². The zero-order chi connectivity index (χ0) is 24.3. The Balaban J connectivity index is 1.25. The molecular weight excluding hydrogens is 456 g/mol. The molecule has 0 aliphatic carbocycles. The number of piperidine rings is 1. The van der Waals surface area contributed by atoms with Gasteiger partial charge in [-0.15, -0.1) is 0 Å². The van der Waals surface area contributed by atoms with E-state index in [0.717, 1.165) is 72.9 Å². The van der Waals surface area contributed by atoms with Crippen LogP contribution in [0.2, 0.25) is 0 Å². The molecule has 0 radical (unpaired) electrons. The molecule has 0 amide bonds.